The van der Waals surface area contributed by atoms with Crippen LogP contribution >= 0.6 is 0 Å². The summed E-state index contributed by atoms with van der Waals surface area (Å²) >= 11 is 0. The highest BCUT2D eigenvalue weighted by atomic mass is 16.6. The molecule has 0 aliphatic rings. The summed E-state index contributed by atoms with van der Waals surface area (Å²) < 4.78 is 16.5. The molecule has 0 saturated carbocycles. The SMILES string of the molecule is CCCCCCCCCCCCCCCCCC(=O)OCC(COC(=O)CCCCCCCCCCCCCCCCC)OC(=O)CCCCCN=[N+]=[N-]. The molecule has 0 spiro atoms. The van der Waals surface area contributed by atoms with Gasteiger partial charge < -0.3 is 14.2 Å². The van der Waals surface area contributed by atoms with Gasteiger partial charge >= 0.3 is 17.9 Å². The van der Waals surface area contributed by atoms with Crippen molar-refractivity contribution in [2.75, 3.05) is 19.8 Å². The van der Waals surface area contributed by atoms with E-state index in [0.717, 1.165) is 44.9 Å². The molecule has 0 rings (SSSR count). The van der Waals surface area contributed by atoms with Crippen LogP contribution in [0.15, 0.2) is 5.11 Å². The maximum Gasteiger partial charge on any atom is 0.306 e. The molecule has 9 heteroatoms. The number of carbonyl (C=O) groups is 3. The number of unbranched alkanes of at least 4 members (excludes halogenated alkanes) is 30. The number of nitrogens with zero attached hydrogens (tertiary/aromatic N) is 3. The van der Waals surface area contributed by atoms with Crippen molar-refractivity contribution in [2.45, 2.75) is 251 Å². The van der Waals surface area contributed by atoms with Gasteiger partial charge in [0, 0.05) is 30.7 Å². The lowest BCUT2D eigenvalue weighted by Gasteiger charge is -2.18. The van der Waals surface area contributed by atoms with Crippen LogP contribution in [0.25, 0.3) is 10.4 Å². The third-order valence-corrected chi connectivity index (χ3v) is 10.3. The summed E-state index contributed by atoms with van der Waals surface area (Å²) in [6.07, 6.45) is 40.1. The Morgan fingerprint density at radius 2 is 0.704 bits per heavy atom. The van der Waals surface area contributed by atoms with Crippen molar-refractivity contribution in [1.29, 1.82) is 0 Å². The molecule has 9 nitrogen and oxygen atoms in total. The van der Waals surface area contributed by atoms with E-state index in [4.69, 9.17) is 19.7 Å². The number of carbonyl (C=O) groups excluding carboxylic acids is 3. The number of ether oxygens (including phenoxy) is 3. The fourth-order valence-electron chi connectivity index (χ4n) is 6.83. The van der Waals surface area contributed by atoms with E-state index in [0.29, 0.717) is 32.2 Å². The Bertz CT molecular complexity index is 845. The van der Waals surface area contributed by atoms with Crippen LogP contribution in [0.1, 0.15) is 245 Å². The largest absolute Gasteiger partial charge is 0.462 e. The highest BCUT2D eigenvalue weighted by Crippen LogP contribution is 2.16. The van der Waals surface area contributed by atoms with Gasteiger partial charge in [-0.2, -0.15) is 0 Å². The molecule has 0 radical (unpaired) electrons. The van der Waals surface area contributed by atoms with Gasteiger partial charge in [-0.1, -0.05) is 205 Å². The smallest absolute Gasteiger partial charge is 0.306 e. The molecule has 0 saturated heterocycles. The Kier molecular flexibility index (Phi) is 41.6. The van der Waals surface area contributed by atoms with Gasteiger partial charge in [0.1, 0.15) is 13.2 Å². The van der Waals surface area contributed by atoms with Gasteiger partial charge in [-0.05, 0) is 31.2 Å². The quantitative estimate of drug-likeness (QED) is 0.0152. The Morgan fingerprint density at radius 1 is 0.426 bits per heavy atom. The van der Waals surface area contributed by atoms with E-state index in [1.165, 1.54) is 154 Å². The summed E-state index contributed by atoms with van der Waals surface area (Å²) in [6.45, 7) is 4.69. The zero-order valence-corrected chi connectivity index (χ0v) is 35.4. The third-order valence-electron chi connectivity index (χ3n) is 10.3. The Morgan fingerprint density at radius 3 is 1.02 bits per heavy atom. The first-order valence-corrected chi connectivity index (χ1v) is 23.0. The maximum absolute atomic E-state index is 12.5. The van der Waals surface area contributed by atoms with Gasteiger partial charge in [-0.25, -0.2) is 0 Å². The van der Waals surface area contributed by atoms with E-state index >= 15 is 0 Å². The summed E-state index contributed by atoms with van der Waals surface area (Å²) in [5.74, 6) is -1.04. The van der Waals surface area contributed by atoms with Crippen molar-refractivity contribution < 1.29 is 28.6 Å². The van der Waals surface area contributed by atoms with Crippen molar-refractivity contribution in [3.63, 3.8) is 0 Å². The van der Waals surface area contributed by atoms with Gasteiger partial charge in [0.25, 0.3) is 0 Å². The van der Waals surface area contributed by atoms with E-state index < -0.39 is 12.1 Å². The zero-order valence-electron chi connectivity index (χ0n) is 35.4. The third kappa shape index (κ3) is 40.9. The number of hydrogen-bond donors (Lipinski definition) is 0. The molecule has 0 heterocycles. The van der Waals surface area contributed by atoms with Crippen molar-refractivity contribution in [2.24, 2.45) is 5.11 Å². The van der Waals surface area contributed by atoms with Crippen LogP contribution in [0.2, 0.25) is 0 Å². The minimum atomic E-state index is -0.823. The zero-order chi connectivity index (χ0) is 39.4. The second-order valence-corrected chi connectivity index (χ2v) is 15.6. The molecule has 0 aliphatic heterocycles. The highest BCUT2D eigenvalue weighted by Gasteiger charge is 2.19. The number of rotatable bonds is 43. The molecule has 0 aliphatic carbocycles. The lowest BCUT2D eigenvalue weighted by Crippen LogP contribution is -2.30. The molecular formula is C45H85N3O6. The van der Waals surface area contributed by atoms with Gasteiger partial charge in [-0.15, -0.1) is 0 Å². The molecule has 316 valence electrons. The first kappa shape index (κ1) is 51.7. The van der Waals surface area contributed by atoms with Crippen LogP contribution in [0, 0.1) is 0 Å². The molecule has 0 aromatic carbocycles. The molecule has 0 N–H and O–H groups in total. The van der Waals surface area contributed by atoms with Crippen LogP contribution in [-0.4, -0.2) is 43.8 Å². The number of hydrogen-bond acceptors (Lipinski definition) is 7. The average Bonchev–Trinajstić information content (AvgIpc) is 3.17. The monoisotopic (exact) mass is 764 g/mol. The van der Waals surface area contributed by atoms with Crippen molar-refractivity contribution in [3.05, 3.63) is 10.4 Å². The Hall–Kier alpha value is -2.28. The second kappa shape index (κ2) is 43.4. The van der Waals surface area contributed by atoms with Crippen LogP contribution < -0.4 is 0 Å². The molecule has 0 unspecified atom stereocenters. The average molecular weight is 764 g/mol. The van der Waals surface area contributed by atoms with Crippen LogP contribution in [-0.2, 0) is 28.6 Å². The van der Waals surface area contributed by atoms with Gasteiger partial charge in [0.05, 0.1) is 0 Å². The Labute approximate surface area is 332 Å². The minimum absolute atomic E-state index is 0.119. The fourth-order valence-corrected chi connectivity index (χ4v) is 6.83. The summed E-state index contributed by atoms with van der Waals surface area (Å²) in [5.41, 5.74) is 8.40. The molecule has 0 atom stereocenters. The van der Waals surface area contributed by atoms with E-state index in [1.807, 2.05) is 0 Å². The summed E-state index contributed by atoms with van der Waals surface area (Å²) in [4.78, 5) is 40.2. The highest BCUT2D eigenvalue weighted by molar-refractivity contribution is 5.71. The van der Waals surface area contributed by atoms with Crippen molar-refractivity contribution in [1.82, 2.24) is 0 Å². The van der Waals surface area contributed by atoms with E-state index in [2.05, 4.69) is 23.9 Å². The normalized spacial score (nSPS) is 11.1. The summed E-state index contributed by atoms with van der Waals surface area (Å²) in [6, 6.07) is 0. The first-order valence-electron chi connectivity index (χ1n) is 23.0. The molecule has 0 amide bonds. The van der Waals surface area contributed by atoms with Gasteiger partial charge in [0.15, 0.2) is 6.10 Å². The van der Waals surface area contributed by atoms with Gasteiger partial charge in [-0.3, -0.25) is 14.4 Å². The lowest BCUT2D eigenvalue weighted by atomic mass is 10.0. The Balaban J connectivity index is 4.16. The van der Waals surface area contributed by atoms with Crippen LogP contribution in [0.4, 0.5) is 0 Å². The molecule has 0 aromatic heterocycles. The van der Waals surface area contributed by atoms with E-state index in [1.54, 1.807) is 0 Å². The molecule has 0 fully saturated rings. The second-order valence-electron chi connectivity index (χ2n) is 15.6. The molecule has 54 heavy (non-hydrogen) atoms. The van der Waals surface area contributed by atoms with Crippen molar-refractivity contribution >= 4 is 17.9 Å². The lowest BCUT2D eigenvalue weighted by molar-refractivity contribution is -0.167. The topological polar surface area (TPSA) is 128 Å². The van der Waals surface area contributed by atoms with Crippen molar-refractivity contribution in [3.8, 4) is 0 Å². The number of esters is 3. The van der Waals surface area contributed by atoms with E-state index in [-0.39, 0.29) is 31.6 Å². The fraction of sp³-hybridized carbons (Fsp3) is 0.933. The number of azide groups is 1. The summed E-state index contributed by atoms with van der Waals surface area (Å²) in [5, 5.41) is 3.51. The predicted molar refractivity (Wildman–Crippen MR) is 223 cm³/mol. The first-order chi connectivity index (χ1) is 26.5. The summed E-state index contributed by atoms with van der Waals surface area (Å²) in [7, 11) is 0. The van der Waals surface area contributed by atoms with Gasteiger partial charge in [0.2, 0.25) is 0 Å². The molecule has 0 bridgehead atoms. The maximum atomic E-state index is 12.5. The van der Waals surface area contributed by atoms with Crippen LogP contribution in [0.3, 0.4) is 0 Å². The van der Waals surface area contributed by atoms with E-state index in [9.17, 15) is 14.4 Å². The van der Waals surface area contributed by atoms with Crippen LogP contribution in [0.5, 0.6) is 0 Å². The minimum Gasteiger partial charge on any atom is -0.462 e. The molecular weight excluding hydrogens is 679 g/mol. The molecule has 0 aromatic rings. The predicted octanol–water partition coefficient (Wildman–Crippen LogP) is 14.4. The standard InChI is InChI=1S/C45H85N3O6/c1-3-5-7-9-11-13-15-17-19-21-23-25-27-29-32-36-43(49)52-40-42(54-45(51)38-34-31-35-39-47-48-46)41-53-44(50)37-33-30-28-26-24-22-20-18-16-14-12-10-8-6-4-2/h42H,3-41H2,1-2H3.